The molecule has 0 unspecified atom stereocenters. The molecule has 4 aliphatic rings. The Hall–Kier alpha value is -4.12. The summed E-state index contributed by atoms with van der Waals surface area (Å²) in [5.74, 6) is 0.126. The molecule has 1 aromatic carbocycles. The molecule has 47 heavy (non-hydrogen) atoms. The molecule has 2 amide bonds. The highest BCUT2D eigenvalue weighted by Gasteiger charge is 2.44. The Labute approximate surface area is 272 Å². The third kappa shape index (κ3) is 5.42. The second-order valence-corrected chi connectivity index (χ2v) is 14.1. The Bertz CT molecular complexity index is 1930. The average Bonchev–Trinajstić information content (AvgIpc) is 3.93. The summed E-state index contributed by atoms with van der Waals surface area (Å²) < 4.78 is 34.5. The molecule has 4 aromatic rings. The van der Waals surface area contributed by atoms with Crippen LogP contribution >= 0.6 is 0 Å². The van der Waals surface area contributed by atoms with Gasteiger partial charge in [0.1, 0.15) is 17.6 Å². The van der Waals surface area contributed by atoms with Crippen LogP contribution in [0.15, 0.2) is 42.5 Å². The van der Waals surface area contributed by atoms with Crippen molar-refractivity contribution in [2.75, 3.05) is 13.1 Å². The van der Waals surface area contributed by atoms with Gasteiger partial charge in [0.05, 0.1) is 40.1 Å². The molecule has 1 saturated heterocycles. The molecule has 2 aliphatic carbocycles. The van der Waals surface area contributed by atoms with Crippen molar-refractivity contribution in [1.29, 1.82) is 0 Å². The molecule has 2 bridgehead atoms. The van der Waals surface area contributed by atoms with E-state index in [-0.39, 0.29) is 35.4 Å². The molecule has 2 saturated carbocycles. The highest BCUT2D eigenvalue weighted by molar-refractivity contribution is 5.98. The van der Waals surface area contributed by atoms with Gasteiger partial charge in [0.15, 0.2) is 5.82 Å². The van der Waals surface area contributed by atoms with E-state index in [1.165, 1.54) is 12.1 Å². The zero-order valence-electron chi connectivity index (χ0n) is 26.9. The fourth-order valence-corrected chi connectivity index (χ4v) is 7.62. The van der Waals surface area contributed by atoms with E-state index in [4.69, 9.17) is 9.97 Å². The zero-order valence-corrected chi connectivity index (χ0v) is 26.9. The van der Waals surface area contributed by atoms with Crippen LogP contribution in [0.4, 0.5) is 8.78 Å². The van der Waals surface area contributed by atoms with Crippen LogP contribution in [0.3, 0.4) is 0 Å². The van der Waals surface area contributed by atoms with Crippen LogP contribution in [0.1, 0.15) is 80.5 Å². The maximum absolute atomic E-state index is 15.7. The fraction of sp³-hybridized carbons (Fsp3) is 0.500. The Kier molecular flexibility index (Phi) is 7.42. The molecule has 3 fully saturated rings. The number of nitrogens with one attached hydrogen (secondary N) is 3. The quantitative estimate of drug-likeness (QED) is 0.246. The Balaban J connectivity index is 1.21. The van der Waals surface area contributed by atoms with Gasteiger partial charge in [-0.15, -0.1) is 0 Å². The summed E-state index contributed by atoms with van der Waals surface area (Å²) in [4.78, 5) is 36.3. The van der Waals surface area contributed by atoms with Gasteiger partial charge in [-0.3, -0.25) is 9.59 Å². The molecule has 2 aliphatic heterocycles. The first-order valence-corrected chi connectivity index (χ1v) is 17.0. The SMILES string of the molecule is C=C1CCCCn2c(-c3nc4cc(C(=O)N[C@H]5CNCC[C@@H]5F)c(F)cc4n3[C@H]3C[C@@H]3C)cc3ccc(nc32)[C@@H](C)NC(=O)[C@@H]2C[C@@H]12. The van der Waals surface area contributed by atoms with E-state index in [9.17, 15) is 14.0 Å². The number of carbonyl (C=O) groups is 2. The lowest BCUT2D eigenvalue weighted by Gasteiger charge is -2.27. The zero-order chi connectivity index (χ0) is 32.6. The van der Waals surface area contributed by atoms with Gasteiger partial charge in [-0.25, -0.2) is 18.7 Å². The number of alkyl halides is 1. The van der Waals surface area contributed by atoms with E-state index in [0.717, 1.165) is 60.1 Å². The first kappa shape index (κ1) is 30.2. The predicted octanol–water partition coefficient (Wildman–Crippen LogP) is 5.76. The molecule has 3 N–H and O–H groups in total. The highest BCUT2D eigenvalue weighted by atomic mass is 19.1. The maximum atomic E-state index is 15.7. The van der Waals surface area contributed by atoms with Crippen molar-refractivity contribution in [1.82, 2.24) is 35.1 Å². The number of hydrogen-bond donors (Lipinski definition) is 3. The molecule has 11 heteroatoms. The molecular formula is C36H41F2N7O2. The number of aryl methyl sites for hydroxylation is 1. The number of carbonyl (C=O) groups excluding carboxylic acids is 2. The maximum Gasteiger partial charge on any atom is 0.254 e. The molecule has 7 atom stereocenters. The van der Waals surface area contributed by atoms with E-state index in [0.29, 0.717) is 48.8 Å². The summed E-state index contributed by atoms with van der Waals surface area (Å²) in [6.45, 7) is 10.0. The number of rotatable bonds is 4. The van der Waals surface area contributed by atoms with E-state index in [1.54, 1.807) is 0 Å². The third-order valence-electron chi connectivity index (χ3n) is 10.7. The van der Waals surface area contributed by atoms with Crippen LogP contribution in [0.2, 0.25) is 0 Å². The minimum atomic E-state index is -1.18. The summed E-state index contributed by atoms with van der Waals surface area (Å²) in [5.41, 5.74) is 4.64. The molecule has 0 spiro atoms. The number of amides is 2. The second-order valence-electron chi connectivity index (χ2n) is 14.1. The van der Waals surface area contributed by atoms with Crippen LogP contribution in [0.5, 0.6) is 0 Å². The second kappa shape index (κ2) is 11.5. The van der Waals surface area contributed by atoms with Crippen molar-refractivity contribution in [3.8, 4) is 11.5 Å². The topological polar surface area (TPSA) is 106 Å². The van der Waals surface area contributed by atoms with Gasteiger partial charge in [0.25, 0.3) is 5.91 Å². The number of nitrogens with zero attached hydrogens (tertiary/aromatic N) is 4. The summed E-state index contributed by atoms with van der Waals surface area (Å²) in [6, 6.07) is 8.18. The van der Waals surface area contributed by atoms with Crippen LogP contribution in [-0.4, -0.2) is 56.2 Å². The smallest absolute Gasteiger partial charge is 0.254 e. The minimum Gasteiger partial charge on any atom is -0.348 e. The monoisotopic (exact) mass is 641 g/mol. The number of piperidine rings is 1. The number of benzene rings is 1. The normalized spacial score (nSPS) is 29.4. The number of imidazole rings is 1. The number of hydrogen-bond acceptors (Lipinski definition) is 5. The van der Waals surface area contributed by atoms with E-state index in [2.05, 4.69) is 44.7 Å². The first-order valence-electron chi connectivity index (χ1n) is 17.0. The molecule has 9 nitrogen and oxygen atoms in total. The highest BCUT2D eigenvalue weighted by Crippen LogP contribution is 2.48. The van der Waals surface area contributed by atoms with E-state index >= 15 is 4.39 Å². The van der Waals surface area contributed by atoms with Crippen LogP contribution < -0.4 is 16.0 Å². The average molecular weight is 642 g/mol. The number of pyridine rings is 1. The number of aromatic nitrogens is 4. The fourth-order valence-electron chi connectivity index (χ4n) is 7.62. The molecule has 0 radical (unpaired) electrons. The molecule has 5 heterocycles. The minimum absolute atomic E-state index is 0.00574. The van der Waals surface area contributed by atoms with Crippen LogP contribution in [-0.2, 0) is 11.3 Å². The number of halogens is 2. The van der Waals surface area contributed by atoms with Crippen LogP contribution in [0.25, 0.3) is 33.6 Å². The van der Waals surface area contributed by atoms with E-state index < -0.39 is 23.9 Å². The van der Waals surface area contributed by atoms with Gasteiger partial charge in [-0.05, 0) is 88.1 Å². The Morgan fingerprint density at radius 1 is 1.11 bits per heavy atom. The Morgan fingerprint density at radius 3 is 2.72 bits per heavy atom. The van der Waals surface area contributed by atoms with Crippen molar-refractivity contribution in [2.24, 2.45) is 17.8 Å². The first-order chi connectivity index (χ1) is 22.7. The van der Waals surface area contributed by atoms with Crippen LogP contribution in [0, 0.1) is 23.6 Å². The standard InChI is InChI=1S/C36H41F2N7O2/c1-18-6-4-5-11-44-32(13-21-7-8-27(41-33(21)44)20(3)40-35(46)23-14-22(18)23)34-42-28-15-24(36(47)43-29-17-39-10-9-25(29)37)26(38)16-31(28)45(34)30-12-19(30)2/h7-8,13,15-16,19-20,22-23,25,29-30,39H,1,4-6,9-12,14,17H2,2-3H3,(H,40,46)(H,43,47)/t19-,20+,22-,23+,25-,29-,30-/m0/s1. The van der Waals surface area contributed by atoms with Crippen molar-refractivity contribution in [3.05, 3.63) is 59.6 Å². The summed E-state index contributed by atoms with van der Waals surface area (Å²) in [6.07, 6.45) is 3.63. The van der Waals surface area contributed by atoms with Gasteiger partial charge >= 0.3 is 0 Å². The molecule has 246 valence electrons. The third-order valence-corrected chi connectivity index (χ3v) is 10.7. The van der Waals surface area contributed by atoms with Crippen molar-refractivity contribution in [2.45, 2.75) is 83.2 Å². The number of fused-ring (bicyclic) bond motifs is 3. The molecule has 3 aromatic heterocycles. The summed E-state index contributed by atoms with van der Waals surface area (Å²) in [5, 5.41) is 9.90. The summed E-state index contributed by atoms with van der Waals surface area (Å²) >= 11 is 0. The molecular weight excluding hydrogens is 600 g/mol. The lowest BCUT2D eigenvalue weighted by Crippen LogP contribution is -2.52. The van der Waals surface area contributed by atoms with Gasteiger partial charge < -0.3 is 25.1 Å². The summed E-state index contributed by atoms with van der Waals surface area (Å²) in [7, 11) is 0. The molecule has 8 rings (SSSR count). The number of allylic oxidation sites excluding steroid dienone is 1. The van der Waals surface area contributed by atoms with Gasteiger partial charge in [-0.1, -0.05) is 19.1 Å². The predicted molar refractivity (Wildman–Crippen MR) is 176 cm³/mol. The lowest BCUT2D eigenvalue weighted by molar-refractivity contribution is -0.123. The van der Waals surface area contributed by atoms with Crippen molar-refractivity contribution in [3.63, 3.8) is 0 Å². The largest absolute Gasteiger partial charge is 0.348 e. The van der Waals surface area contributed by atoms with Gasteiger partial charge in [-0.2, -0.15) is 0 Å². The lowest BCUT2D eigenvalue weighted by atomic mass is 10.0. The van der Waals surface area contributed by atoms with Gasteiger partial charge in [0, 0.05) is 36.5 Å². The van der Waals surface area contributed by atoms with Crippen molar-refractivity contribution >= 4 is 33.9 Å². The van der Waals surface area contributed by atoms with Crippen molar-refractivity contribution < 1.29 is 18.4 Å². The Morgan fingerprint density at radius 2 is 1.94 bits per heavy atom. The van der Waals surface area contributed by atoms with E-state index in [1.807, 2.05) is 19.1 Å². The van der Waals surface area contributed by atoms with Gasteiger partial charge in [0.2, 0.25) is 5.91 Å².